The van der Waals surface area contributed by atoms with Gasteiger partial charge in [0.05, 0.1) is 5.56 Å². The molecule has 0 unspecified atom stereocenters. The maximum atomic E-state index is 14.2. The van der Waals surface area contributed by atoms with Crippen molar-refractivity contribution in [1.29, 1.82) is 5.26 Å². The molecule has 0 amide bonds. The minimum Gasteiger partial charge on any atom is -0.205 e. The van der Waals surface area contributed by atoms with Crippen LogP contribution in [0.4, 0.5) is 4.39 Å². The average Bonchev–Trinajstić information content (AvgIpc) is 2.40. The number of allylic oxidation sites excluding steroid dienone is 1. The van der Waals surface area contributed by atoms with Gasteiger partial charge in [0.1, 0.15) is 11.9 Å². The average molecular weight is 229 g/mol. The van der Waals surface area contributed by atoms with Crippen LogP contribution in [0, 0.1) is 17.1 Å². The van der Waals surface area contributed by atoms with Gasteiger partial charge in [-0.15, -0.1) is 6.58 Å². The second-order valence-corrected chi connectivity index (χ2v) is 4.70. The van der Waals surface area contributed by atoms with Gasteiger partial charge in [0, 0.05) is 5.41 Å². The number of hydrogen-bond acceptors (Lipinski definition) is 1. The number of benzene rings is 1. The Balaban J connectivity index is 2.51. The Labute approximate surface area is 102 Å². The molecule has 1 aromatic carbocycles. The molecule has 1 aliphatic rings. The third-order valence-electron chi connectivity index (χ3n) is 3.79. The molecule has 0 aliphatic heterocycles. The Morgan fingerprint density at radius 3 is 2.59 bits per heavy atom. The van der Waals surface area contributed by atoms with Crippen LogP contribution in [-0.4, -0.2) is 0 Å². The minimum absolute atomic E-state index is 0.134. The molecule has 17 heavy (non-hydrogen) atoms. The van der Waals surface area contributed by atoms with Crippen LogP contribution in [-0.2, 0) is 5.41 Å². The van der Waals surface area contributed by atoms with Crippen LogP contribution in [0.2, 0.25) is 0 Å². The van der Waals surface area contributed by atoms with Gasteiger partial charge in [0.2, 0.25) is 0 Å². The van der Waals surface area contributed by atoms with Crippen LogP contribution in [0.3, 0.4) is 0 Å². The van der Waals surface area contributed by atoms with Crippen molar-refractivity contribution < 1.29 is 4.39 Å². The normalized spacial score (nSPS) is 18.4. The summed E-state index contributed by atoms with van der Waals surface area (Å²) in [5, 5.41) is 8.88. The Morgan fingerprint density at radius 1 is 1.29 bits per heavy atom. The number of nitrogens with zero attached hydrogens (tertiary/aromatic N) is 1. The number of hydrogen-bond donors (Lipinski definition) is 0. The molecular formula is C15H16FN. The lowest BCUT2D eigenvalue weighted by Gasteiger charge is -2.35. The molecule has 0 bridgehead atoms. The van der Waals surface area contributed by atoms with Crippen LogP contribution in [0.5, 0.6) is 0 Å². The van der Waals surface area contributed by atoms with Crippen LogP contribution in [0.1, 0.15) is 43.2 Å². The highest BCUT2D eigenvalue weighted by Crippen LogP contribution is 2.41. The highest BCUT2D eigenvalue weighted by Gasteiger charge is 2.33. The number of rotatable bonds is 2. The van der Waals surface area contributed by atoms with E-state index < -0.39 is 0 Å². The molecule has 0 heterocycles. The molecule has 0 spiro atoms. The molecule has 88 valence electrons. The van der Waals surface area contributed by atoms with E-state index in [1.807, 2.05) is 12.1 Å². The largest absolute Gasteiger partial charge is 0.205 e. The molecule has 1 aromatic rings. The van der Waals surface area contributed by atoms with Crippen LogP contribution in [0.25, 0.3) is 0 Å². The zero-order valence-electron chi connectivity index (χ0n) is 9.88. The summed E-state index contributed by atoms with van der Waals surface area (Å²) in [6.45, 7) is 3.88. The first-order valence-electron chi connectivity index (χ1n) is 6.06. The summed E-state index contributed by atoms with van der Waals surface area (Å²) >= 11 is 0. The van der Waals surface area contributed by atoms with Gasteiger partial charge in [-0.05, 0) is 24.5 Å². The smallest absolute Gasteiger partial charge is 0.145 e. The maximum Gasteiger partial charge on any atom is 0.145 e. The first-order valence-corrected chi connectivity index (χ1v) is 6.06. The van der Waals surface area contributed by atoms with E-state index >= 15 is 0 Å². The maximum absolute atomic E-state index is 14.2. The van der Waals surface area contributed by atoms with Crippen molar-refractivity contribution in [2.45, 2.75) is 37.5 Å². The predicted molar refractivity (Wildman–Crippen MR) is 66.1 cm³/mol. The van der Waals surface area contributed by atoms with Crippen molar-refractivity contribution in [2.75, 3.05) is 0 Å². The molecular weight excluding hydrogens is 213 g/mol. The third kappa shape index (κ3) is 1.98. The van der Waals surface area contributed by atoms with Crippen molar-refractivity contribution in [1.82, 2.24) is 0 Å². The fourth-order valence-corrected chi connectivity index (χ4v) is 2.77. The van der Waals surface area contributed by atoms with Crippen molar-refractivity contribution in [3.8, 4) is 6.07 Å². The van der Waals surface area contributed by atoms with Gasteiger partial charge in [-0.3, -0.25) is 0 Å². The number of halogens is 1. The van der Waals surface area contributed by atoms with Crippen molar-refractivity contribution in [2.24, 2.45) is 0 Å². The van der Waals surface area contributed by atoms with E-state index in [1.54, 1.807) is 12.1 Å². The lowest BCUT2D eigenvalue weighted by atomic mass is 9.69. The van der Waals surface area contributed by atoms with E-state index in [2.05, 4.69) is 6.58 Å². The van der Waals surface area contributed by atoms with Gasteiger partial charge in [-0.25, -0.2) is 4.39 Å². The summed E-state index contributed by atoms with van der Waals surface area (Å²) in [6, 6.07) is 6.99. The van der Waals surface area contributed by atoms with Gasteiger partial charge in [-0.2, -0.15) is 5.26 Å². The lowest BCUT2D eigenvalue weighted by molar-refractivity contribution is 0.346. The second kappa shape index (κ2) is 4.71. The number of nitriles is 1. The monoisotopic (exact) mass is 229 g/mol. The van der Waals surface area contributed by atoms with Crippen molar-refractivity contribution in [3.05, 3.63) is 47.8 Å². The molecule has 1 aliphatic carbocycles. The third-order valence-corrected chi connectivity index (χ3v) is 3.79. The Hall–Kier alpha value is -1.62. The zero-order valence-corrected chi connectivity index (χ0v) is 9.88. The predicted octanol–water partition coefficient (Wildman–Crippen LogP) is 4.09. The van der Waals surface area contributed by atoms with Crippen LogP contribution >= 0.6 is 0 Å². The zero-order chi connectivity index (χ0) is 12.3. The molecule has 0 aromatic heterocycles. The highest BCUT2D eigenvalue weighted by atomic mass is 19.1. The molecule has 2 rings (SSSR count). The summed E-state index contributed by atoms with van der Waals surface area (Å²) in [6.07, 6.45) is 7.13. The van der Waals surface area contributed by atoms with E-state index in [0.717, 1.165) is 25.7 Å². The first-order chi connectivity index (χ1) is 8.23. The quantitative estimate of drug-likeness (QED) is 0.701. The standard InChI is InChI=1S/C15H16FN/c1-2-15(9-4-3-5-10-15)13-8-6-7-12(11-17)14(13)16/h2,6-8H,1,3-5,9-10H2. The van der Waals surface area contributed by atoms with E-state index in [0.29, 0.717) is 5.56 Å². The molecule has 0 N–H and O–H groups in total. The summed E-state index contributed by atoms with van der Waals surface area (Å²) in [7, 11) is 0. The molecule has 1 fully saturated rings. The van der Waals surface area contributed by atoms with Crippen molar-refractivity contribution in [3.63, 3.8) is 0 Å². The Morgan fingerprint density at radius 2 is 2.00 bits per heavy atom. The molecule has 0 atom stereocenters. The van der Waals surface area contributed by atoms with Crippen LogP contribution in [0.15, 0.2) is 30.9 Å². The van der Waals surface area contributed by atoms with E-state index in [9.17, 15) is 4.39 Å². The summed E-state index contributed by atoms with van der Waals surface area (Å²) in [5.74, 6) is -0.364. The van der Waals surface area contributed by atoms with Gasteiger partial charge in [0.15, 0.2) is 0 Å². The topological polar surface area (TPSA) is 23.8 Å². The highest BCUT2D eigenvalue weighted by molar-refractivity contribution is 5.41. The Bertz CT molecular complexity index is 464. The summed E-state index contributed by atoms with van der Waals surface area (Å²) in [5.41, 5.74) is 0.510. The van der Waals surface area contributed by atoms with Gasteiger partial charge in [-0.1, -0.05) is 37.5 Å². The van der Waals surface area contributed by atoms with Gasteiger partial charge >= 0.3 is 0 Å². The summed E-state index contributed by atoms with van der Waals surface area (Å²) < 4.78 is 14.2. The Kier molecular flexibility index (Phi) is 3.28. The lowest BCUT2D eigenvalue weighted by Crippen LogP contribution is -2.27. The fourth-order valence-electron chi connectivity index (χ4n) is 2.77. The van der Waals surface area contributed by atoms with E-state index in [1.165, 1.54) is 12.5 Å². The van der Waals surface area contributed by atoms with Gasteiger partial charge < -0.3 is 0 Å². The summed E-state index contributed by atoms with van der Waals surface area (Å²) in [4.78, 5) is 0. The van der Waals surface area contributed by atoms with E-state index in [4.69, 9.17) is 5.26 Å². The van der Waals surface area contributed by atoms with E-state index in [-0.39, 0.29) is 16.8 Å². The van der Waals surface area contributed by atoms with Crippen LogP contribution < -0.4 is 0 Å². The van der Waals surface area contributed by atoms with Crippen molar-refractivity contribution >= 4 is 0 Å². The first kappa shape index (κ1) is 11.9. The van der Waals surface area contributed by atoms with Gasteiger partial charge in [0.25, 0.3) is 0 Å². The molecule has 0 saturated heterocycles. The molecule has 0 radical (unpaired) electrons. The second-order valence-electron chi connectivity index (χ2n) is 4.70. The SMILES string of the molecule is C=CC1(c2cccc(C#N)c2F)CCCCC1. The molecule has 1 nitrogen and oxygen atoms in total. The minimum atomic E-state index is -0.364. The molecule has 2 heteroatoms. The fraction of sp³-hybridized carbons (Fsp3) is 0.400. The molecule has 1 saturated carbocycles.